The highest BCUT2D eigenvalue weighted by molar-refractivity contribution is 7.92. The van der Waals surface area contributed by atoms with Crippen LogP contribution in [0.3, 0.4) is 0 Å². The van der Waals surface area contributed by atoms with Crippen molar-refractivity contribution in [1.29, 1.82) is 0 Å². The summed E-state index contributed by atoms with van der Waals surface area (Å²) >= 11 is 7.50. The third kappa shape index (κ3) is 2.15. The number of aromatic amines is 1. The third-order valence-electron chi connectivity index (χ3n) is 2.76. The van der Waals surface area contributed by atoms with Crippen LogP contribution in [0.4, 0.5) is 5.69 Å². The van der Waals surface area contributed by atoms with Crippen LogP contribution in [-0.2, 0) is 10.0 Å². The predicted octanol–water partition coefficient (Wildman–Crippen LogP) is 2.78. The molecule has 20 heavy (non-hydrogen) atoms. The lowest BCUT2D eigenvalue weighted by atomic mass is 10.3. The van der Waals surface area contributed by atoms with E-state index in [0.717, 1.165) is 4.70 Å². The Morgan fingerprint density at radius 2 is 2.20 bits per heavy atom. The second-order valence-electron chi connectivity index (χ2n) is 4.09. The minimum atomic E-state index is -3.76. The largest absolute Gasteiger partial charge is 0.281 e. The summed E-state index contributed by atoms with van der Waals surface area (Å²) in [5.41, 5.74) is 2.92. The maximum atomic E-state index is 12.3. The van der Waals surface area contributed by atoms with Crippen LogP contribution < -0.4 is 4.72 Å². The first kappa shape index (κ1) is 13.3. The Labute approximate surface area is 123 Å². The van der Waals surface area contributed by atoms with Gasteiger partial charge in [0.15, 0.2) is 0 Å². The van der Waals surface area contributed by atoms with Crippen LogP contribution in [0.2, 0.25) is 5.02 Å². The van der Waals surface area contributed by atoms with Gasteiger partial charge < -0.3 is 0 Å². The van der Waals surface area contributed by atoms with Crippen LogP contribution in [0.5, 0.6) is 0 Å². The first-order valence-corrected chi connectivity index (χ1v) is 8.27. The second kappa shape index (κ2) is 4.72. The molecule has 0 radical (unpaired) electrons. The molecule has 104 valence electrons. The number of thiazole rings is 1. The van der Waals surface area contributed by atoms with E-state index in [4.69, 9.17) is 11.6 Å². The molecule has 0 spiro atoms. The highest BCUT2D eigenvalue weighted by atomic mass is 35.5. The Morgan fingerprint density at radius 3 is 2.90 bits per heavy atom. The van der Waals surface area contributed by atoms with Gasteiger partial charge in [0.05, 0.1) is 32.8 Å². The number of fused-ring (bicyclic) bond motifs is 1. The summed E-state index contributed by atoms with van der Waals surface area (Å²) in [6, 6.07) is 3.44. The quantitative estimate of drug-likeness (QED) is 0.773. The van der Waals surface area contributed by atoms with Gasteiger partial charge in [-0.15, -0.1) is 11.3 Å². The van der Waals surface area contributed by atoms with Crippen LogP contribution in [0.1, 0.15) is 5.69 Å². The van der Waals surface area contributed by atoms with Gasteiger partial charge in [-0.25, -0.2) is 13.4 Å². The van der Waals surface area contributed by atoms with E-state index in [1.807, 2.05) is 0 Å². The number of aromatic nitrogens is 3. The summed E-state index contributed by atoms with van der Waals surface area (Å²) < 4.78 is 28.0. The summed E-state index contributed by atoms with van der Waals surface area (Å²) in [6.07, 6.45) is 1.26. The maximum absolute atomic E-state index is 12.3. The van der Waals surface area contributed by atoms with Gasteiger partial charge in [0, 0.05) is 0 Å². The van der Waals surface area contributed by atoms with E-state index in [1.54, 1.807) is 24.6 Å². The van der Waals surface area contributed by atoms with Gasteiger partial charge in [-0.1, -0.05) is 11.6 Å². The van der Waals surface area contributed by atoms with Crippen molar-refractivity contribution in [2.24, 2.45) is 0 Å². The smallest absolute Gasteiger partial charge is 0.265 e. The van der Waals surface area contributed by atoms with E-state index in [2.05, 4.69) is 19.9 Å². The molecule has 2 N–H and O–H groups in total. The Morgan fingerprint density at radius 1 is 1.40 bits per heavy atom. The molecular weight excluding hydrogens is 320 g/mol. The molecular formula is C11H9ClN4O2S2. The van der Waals surface area contributed by atoms with Gasteiger partial charge in [0.2, 0.25) is 0 Å². The number of aryl methyl sites for hydroxylation is 1. The van der Waals surface area contributed by atoms with Crippen molar-refractivity contribution >= 4 is 48.9 Å². The van der Waals surface area contributed by atoms with Crippen LogP contribution in [0, 0.1) is 6.92 Å². The average Bonchev–Trinajstić information content (AvgIpc) is 3.01. The fourth-order valence-corrected chi connectivity index (χ4v) is 3.97. The predicted molar refractivity (Wildman–Crippen MR) is 78.8 cm³/mol. The lowest BCUT2D eigenvalue weighted by Gasteiger charge is -2.09. The number of hydrogen-bond acceptors (Lipinski definition) is 5. The fourth-order valence-electron chi connectivity index (χ4n) is 1.80. The summed E-state index contributed by atoms with van der Waals surface area (Å²) in [5, 5.41) is 6.60. The molecule has 2 aromatic heterocycles. The van der Waals surface area contributed by atoms with Crippen molar-refractivity contribution < 1.29 is 8.42 Å². The van der Waals surface area contributed by atoms with E-state index < -0.39 is 10.0 Å². The van der Waals surface area contributed by atoms with E-state index >= 15 is 0 Å². The van der Waals surface area contributed by atoms with Crippen LogP contribution >= 0.6 is 22.9 Å². The van der Waals surface area contributed by atoms with Crippen molar-refractivity contribution in [3.8, 4) is 0 Å². The zero-order valence-corrected chi connectivity index (χ0v) is 12.6. The average molecular weight is 329 g/mol. The minimum Gasteiger partial charge on any atom is -0.281 e. The Hall–Kier alpha value is -1.64. The van der Waals surface area contributed by atoms with Crippen molar-refractivity contribution in [2.45, 2.75) is 11.8 Å². The van der Waals surface area contributed by atoms with Gasteiger partial charge in [0.1, 0.15) is 10.4 Å². The van der Waals surface area contributed by atoms with Gasteiger partial charge >= 0.3 is 0 Å². The van der Waals surface area contributed by atoms with Crippen LogP contribution in [0.15, 0.2) is 28.7 Å². The topological polar surface area (TPSA) is 87.7 Å². The molecule has 3 rings (SSSR count). The SMILES string of the molecule is Cc1[nH]ncc1S(=O)(=O)Nc1c(Cl)ccc2scnc12. The monoisotopic (exact) mass is 328 g/mol. The molecule has 0 aliphatic carbocycles. The van der Waals surface area contributed by atoms with Gasteiger partial charge in [-0.3, -0.25) is 9.82 Å². The Bertz CT molecular complexity index is 885. The molecule has 0 fully saturated rings. The number of benzene rings is 1. The normalized spacial score (nSPS) is 11.9. The number of anilines is 1. The third-order valence-corrected chi connectivity index (χ3v) is 5.33. The minimum absolute atomic E-state index is 0.0841. The first-order valence-electron chi connectivity index (χ1n) is 5.53. The number of sulfonamides is 1. The van der Waals surface area contributed by atoms with Crippen molar-refractivity contribution in [1.82, 2.24) is 15.2 Å². The zero-order valence-electron chi connectivity index (χ0n) is 10.2. The maximum Gasteiger partial charge on any atom is 0.265 e. The summed E-state index contributed by atoms with van der Waals surface area (Å²) in [5.74, 6) is 0. The highest BCUT2D eigenvalue weighted by Crippen LogP contribution is 2.33. The molecule has 0 saturated carbocycles. The van der Waals surface area contributed by atoms with E-state index in [9.17, 15) is 8.42 Å². The van der Waals surface area contributed by atoms with E-state index in [0.29, 0.717) is 16.2 Å². The molecule has 9 heteroatoms. The number of rotatable bonds is 3. The standard InChI is InChI=1S/C11H9ClN4O2S2/c1-6-9(4-14-15-6)20(17,18)16-10-7(12)2-3-8-11(10)13-5-19-8/h2-5,16H,1H3,(H,14,15). The molecule has 0 aliphatic rings. The van der Waals surface area contributed by atoms with Gasteiger partial charge in [-0.05, 0) is 19.1 Å². The zero-order chi connectivity index (χ0) is 14.3. The van der Waals surface area contributed by atoms with Gasteiger partial charge in [-0.2, -0.15) is 5.10 Å². The van der Waals surface area contributed by atoms with Crippen molar-refractivity contribution in [3.63, 3.8) is 0 Å². The second-order valence-corrected chi connectivity index (χ2v) is 7.03. The molecule has 0 atom stereocenters. The molecule has 0 amide bonds. The fraction of sp³-hybridized carbons (Fsp3) is 0.0909. The van der Waals surface area contributed by atoms with Gasteiger partial charge in [0.25, 0.3) is 10.0 Å². The lowest BCUT2D eigenvalue weighted by molar-refractivity contribution is 0.600. The Balaban J connectivity index is 2.12. The number of H-pyrrole nitrogens is 1. The highest BCUT2D eigenvalue weighted by Gasteiger charge is 2.21. The molecule has 6 nitrogen and oxygen atoms in total. The Kier molecular flexibility index (Phi) is 3.15. The molecule has 1 aromatic carbocycles. The van der Waals surface area contributed by atoms with Crippen molar-refractivity contribution in [2.75, 3.05) is 4.72 Å². The number of nitrogens with zero attached hydrogens (tertiary/aromatic N) is 2. The molecule has 0 bridgehead atoms. The molecule has 2 heterocycles. The number of hydrogen-bond donors (Lipinski definition) is 2. The first-order chi connectivity index (χ1) is 9.49. The summed E-state index contributed by atoms with van der Waals surface area (Å²) in [7, 11) is -3.76. The molecule has 0 unspecified atom stereocenters. The molecule has 3 aromatic rings. The van der Waals surface area contributed by atoms with E-state index in [-0.39, 0.29) is 10.6 Å². The lowest BCUT2D eigenvalue weighted by Crippen LogP contribution is -2.14. The van der Waals surface area contributed by atoms with E-state index in [1.165, 1.54) is 17.5 Å². The molecule has 0 aliphatic heterocycles. The summed E-state index contributed by atoms with van der Waals surface area (Å²) in [6.45, 7) is 1.63. The van der Waals surface area contributed by atoms with Crippen LogP contribution in [0.25, 0.3) is 10.2 Å². The number of halogens is 1. The molecule has 0 saturated heterocycles. The number of nitrogens with one attached hydrogen (secondary N) is 2. The van der Waals surface area contributed by atoms with Crippen LogP contribution in [-0.4, -0.2) is 23.6 Å². The van der Waals surface area contributed by atoms with Crippen molar-refractivity contribution in [3.05, 3.63) is 34.6 Å². The summed E-state index contributed by atoms with van der Waals surface area (Å²) in [4.78, 5) is 4.24.